The predicted octanol–water partition coefficient (Wildman–Crippen LogP) is -1.26. The van der Waals surface area contributed by atoms with Gasteiger partial charge in [0.25, 0.3) is 0 Å². The summed E-state index contributed by atoms with van der Waals surface area (Å²) in [7, 11) is 1.54. The average molecular weight is 201 g/mol. The van der Waals surface area contributed by atoms with Crippen LogP contribution in [0.1, 0.15) is 0 Å². The smallest absolute Gasteiger partial charge is 0.248 e. The summed E-state index contributed by atoms with van der Waals surface area (Å²) in [6.07, 6.45) is 0. The van der Waals surface area contributed by atoms with Gasteiger partial charge in [0.15, 0.2) is 0 Å². The van der Waals surface area contributed by atoms with Crippen molar-refractivity contribution in [3.05, 3.63) is 0 Å². The first kappa shape index (κ1) is 11.4. The van der Waals surface area contributed by atoms with E-state index in [1.54, 1.807) is 7.11 Å². The number of methoxy groups -OCH3 is 1. The molecule has 1 rings (SSSR count). The fourth-order valence-electron chi connectivity index (χ4n) is 1.62. The van der Waals surface area contributed by atoms with Gasteiger partial charge in [0.05, 0.1) is 0 Å². The van der Waals surface area contributed by atoms with Crippen molar-refractivity contribution >= 4 is 5.91 Å². The normalized spacial score (nSPS) is 18.6. The molecule has 0 radical (unpaired) electrons. The van der Waals surface area contributed by atoms with Crippen LogP contribution in [0.25, 0.3) is 0 Å². The summed E-state index contributed by atoms with van der Waals surface area (Å²) >= 11 is 0. The van der Waals surface area contributed by atoms with Crippen LogP contribution in [-0.2, 0) is 9.53 Å². The topological polar surface area (TPSA) is 58.8 Å². The summed E-state index contributed by atoms with van der Waals surface area (Å²) < 4.78 is 4.81. The van der Waals surface area contributed by atoms with Crippen molar-refractivity contribution in [2.24, 2.45) is 5.73 Å². The second-order valence-corrected chi connectivity index (χ2v) is 3.44. The highest BCUT2D eigenvalue weighted by atomic mass is 16.5. The lowest BCUT2D eigenvalue weighted by molar-refractivity contribution is -0.136. The number of carbonyl (C=O) groups excluding carboxylic acids is 1. The van der Waals surface area contributed by atoms with Gasteiger partial charge in [-0.3, -0.25) is 9.69 Å². The lowest BCUT2D eigenvalue weighted by Gasteiger charge is -2.34. The Balaban J connectivity index is 2.24. The van der Waals surface area contributed by atoms with Crippen LogP contribution in [0.15, 0.2) is 0 Å². The molecule has 1 fully saturated rings. The van der Waals surface area contributed by atoms with E-state index in [1.165, 1.54) is 0 Å². The van der Waals surface area contributed by atoms with Crippen LogP contribution in [0.2, 0.25) is 0 Å². The molecule has 0 aromatic heterocycles. The molecular formula is C9H19N3O2. The largest absolute Gasteiger partial charge is 0.375 e. The minimum Gasteiger partial charge on any atom is -0.375 e. The molecule has 0 aromatic carbocycles. The maximum absolute atomic E-state index is 11.4. The third kappa shape index (κ3) is 3.25. The highest BCUT2D eigenvalue weighted by Gasteiger charge is 2.19. The van der Waals surface area contributed by atoms with E-state index < -0.39 is 0 Å². The summed E-state index contributed by atoms with van der Waals surface area (Å²) in [4.78, 5) is 15.5. The van der Waals surface area contributed by atoms with Gasteiger partial charge in [-0.05, 0) is 0 Å². The summed E-state index contributed by atoms with van der Waals surface area (Å²) in [5.74, 6) is 0.0832. The van der Waals surface area contributed by atoms with E-state index in [0.717, 1.165) is 32.7 Å². The number of nitrogens with two attached hydrogens (primary N) is 1. The van der Waals surface area contributed by atoms with Crippen molar-refractivity contribution < 1.29 is 9.53 Å². The van der Waals surface area contributed by atoms with E-state index in [4.69, 9.17) is 10.5 Å². The Bertz CT molecular complexity index is 179. The zero-order valence-corrected chi connectivity index (χ0v) is 8.74. The van der Waals surface area contributed by atoms with Crippen LogP contribution in [0.3, 0.4) is 0 Å². The Morgan fingerprint density at radius 3 is 2.50 bits per heavy atom. The molecule has 0 aromatic rings. The number of hydrogen-bond acceptors (Lipinski definition) is 4. The van der Waals surface area contributed by atoms with Gasteiger partial charge in [-0.25, -0.2) is 0 Å². The molecule has 5 heteroatoms. The summed E-state index contributed by atoms with van der Waals surface area (Å²) in [5.41, 5.74) is 5.46. The molecule has 1 aliphatic heterocycles. The molecule has 1 heterocycles. The molecule has 1 aliphatic rings. The zero-order valence-electron chi connectivity index (χ0n) is 8.74. The minimum atomic E-state index is 0.0832. The summed E-state index contributed by atoms with van der Waals surface area (Å²) in [5, 5.41) is 0. The lowest BCUT2D eigenvalue weighted by atomic mass is 10.3. The van der Waals surface area contributed by atoms with Crippen LogP contribution in [-0.4, -0.2) is 68.7 Å². The Labute approximate surface area is 84.8 Å². The third-order valence-electron chi connectivity index (χ3n) is 2.44. The number of rotatable bonds is 4. The first-order chi connectivity index (χ1) is 6.77. The fraction of sp³-hybridized carbons (Fsp3) is 0.889. The van der Waals surface area contributed by atoms with Gasteiger partial charge in [0.2, 0.25) is 5.91 Å². The average Bonchev–Trinajstić information content (AvgIpc) is 2.20. The molecule has 5 nitrogen and oxygen atoms in total. The SMILES string of the molecule is COCC(=O)N1CCN(CCN)CC1. The molecule has 82 valence electrons. The van der Waals surface area contributed by atoms with Gasteiger partial charge in [-0.15, -0.1) is 0 Å². The molecule has 0 unspecified atom stereocenters. The molecule has 0 spiro atoms. The van der Waals surface area contributed by atoms with Crippen LogP contribution in [0, 0.1) is 0 Å². The van der Waals surface area contributed by atoms with Crippen LogP contribution in [0.4, 0.5) is 0 Å². The highest BCUT2D eigenvalue weighted by Crippen LogP contribution is 2.01. The molecule has 14 heavy (non-hydrogen) atoms. The Kier molecular flexibility index (Phi) is 4.86. The van der Waals surface area contributed by atoms with E-state index in [1.807, 2.05) is 4.90 Å². The standard InChI is InChI=1S/C9H19N3O2/c1-14-8-9(13)12-6-4-11(3-2-10)5-7-12/h2-8,10H2,1H3. The number of nitrogens with zero attached hydrogens (tertiary/aromatic N) is 2. The van der Waals surface area contributed by atoms with Crippen LogP contribution < -0.4 is 5.73 Å². The maximum Gasteiger partial charge on any atom is 0.248 e. The number of ether oxygens (including phenoxy) is 1. The third-order valence-corrected chi connectivity index (χ3v) is 2.44. The lowest BCUT2D eigenvalue weighted by Crippen LogP contribution is -2.50. The van der Waals surface area contributed by atoms with E-state index in [2.05, 4.69) is 4.90 Å². The van der Waals surface area contributed by atoms with Crippen LogP contribution >= 0.6 is 0 Å². The number of piperazine rings is 1. The minimum absolute atomic E-state index is 0.0832. The zero-order chi connectivity index (χ0) is 10.4. The molecule has 0 bridgehead atoms. The van der Waals surface area contributed by atoms with Crippen molar-refractivity contribution in [1.82, 2.24) is 9.80 Å². The first-order valence-electron chi connectivity index (χ1n) is 4.97. The summed E-state index contributed by atoms with van der Waals surface area (Å²) in [6.45, 7) is 5.24. The number of carbonyl (C=O) groups is 1. The monoisotopic (exact) mass is 201 g/mol. The van der Waals surface area contributed by atoms with Gasteiger partial charge in [0, 0.05) is 46.4 Å². The molecule has 0 atom stereocenters. The van der Waals surface area contributed by atoms with Gasteiger partial charge < -0.3 is 15.4 Å². The van der Waals surface area contributed by atoms with E-state index in [9.17, 15) is 4.79 Å². The Morgan fingerprint density at radius 1 is 1.36 bits per heavy atom. The quantitative estimate of drug-likeness (QED) is 0.616. The van der Waals surface area contributed by atoms with Gasteiger partial charge in [-0.2, -0.15) is 0 Å². The van der Waals surface area contributed by atoms with Crippen molar-refractivity contribution in [3.63, 3.8) is 0 Å². The van der Waals surface area contributed by atoms with Crippen molar-refractivity contribution in [2.45, 2.75) is 0 Å². The molecule has 1 saturated heterocycles. The maximum atomic E-state index is 11.4. The van der Waals surface area contributed by atoms with Crippen molar-refractivity contribution in [3.8, 4) is 0 Å². The van der Waals surface area contributed by atoms with Gasteiger partial charge in [0.1, 0.15) is 6.61 Å². The number of hydrogen-bond donors (Lipinski definition) is 1. The van der Waals surface area contributed by atoms with E-state index in [-0.39, 0.29) is 12.5 Å². The van der Waals surface area contributed by atoms with E-state index >= 15 is 0 Å². The molecule has 0 saturated carbocycles. The molecular weight excluding hydrogens is 182 g/mol. The number of amides is 1. The predicted molar refractivity (Wildman–Crippen MR) is 54.0 cm³/mol. The molecule has 0 aliphatic carbocycles. The summed E-state index contributed by atoms with van der Waals surface area (Å²) in [6, 6.07) is 0. The Hall–Kier alpha value is -0.650. The second kappa shape index (κ2) is 5.95. The highest BCUT2D eigenvalue weighted by molar-refractivity contribution is 5.77. The van der Waals surface area contributed by atoms with Gasteiger partial charge in [-0.1, -0.05) is 0 Å². The second-order valence-electron chi connectivity index (χ2n) is 3.44. The molecule has 2 N–H and O–H groups in total. The fourth-order valence-corrected chi connectivity index (χ4v) is 1.62. The van der Waals surface area contributed by atoms with Crippen molar-refractivity contribution in [2.75, 3.05) is 53.0 Å². The van der Waals surface area contributed by atoms with Crippen molar-refractivity contribution in [1.29, 1.82) is 0 Å². The van der Waals surface area contributed by atoms with E-state index in [0.29, 0.717) is 6.54 Å². The first-order valence-corrected chi connectivity index (χ1v) is 4.97. The molecule has 1 amide bonds. The Morgan fingerprint density at radius 2 is 2.00 bits per heavy atom. The van der Waals surface area contributed by atoms with Gasteiger partial charge >= 0.3 is 0 Å². The van der Waals surface area contributed by atoms with Crippen LogP contribution in [0.5, 0.6) is 0 Å².